The van der Waals surface area contributed by atoms with Crippen LogP contribution in [0.25, 0.3) is 21.8 Å². The van der Waals surface area contributed by atoms with Crippen molar-refractivity contribution in [1.29, 1.82) is 0 Å². The van der Waals surface area contributed by atoms with E-state index in [0.29, 0.717) is 40.8 Å². The van der Waals surface area contributed by atoms with Gasteiger partial charge in [-0.15, -0.1) is 0 Å². The van der Waals surface area contributed by atoms with Crippen molar-refractivity contribution in [3.63, 3.8) is 0 Å². The SMILES string of the molecule is CSCC[C@H](NC(=O)[C@H](CC(C)C)NC(=O)[C@H](Cc1c[nH]c2ccccc12)NC(=O)[C@H](Cc1ccccc1)NC(=O)[C@H](Cc1c[nH]c2ccccc12)NC(=O)[C@H](CCC(N)=O)NC(=O)[C@H](CCC(N)=O)NC(=O)[C@@H]1CCCN1)C(N)=O. The van der Waals surface area contributed by atoms with E-state index in [1.165, 1.54) is 11.8 Å². The first kappa shape index (κ1) is 62.0. The van der Waals surface area contributed by atoms with Gasteiger partial charge in [-0.2, -0.15) is 11.8 Å². The highest BCUT2D eigenvalue weighted by Gasteiger charge is 2.36. The first-order valence-electron chi connectivity index (χ1n) is 27.1. The van der Waals surface area contributed by atoms with Crippen LogP contribution in [-0.4, -0.2) is 136 Å². The molecule has 3 aromatic carbocycles. The van der Waals surface area contributed by atoms with E-state index in [1.54, 1.807) is 48.8 Å². The van der Waals surface area contributed by atoms with Crippen LogP contribution in [0.1, 0.15) is 81.9 Å². The number of aromatic amines is 2. The molecule has 5 aromatic rings. The zero-order valence-electron chi connectivity index (χ0n) is 45.8. The van der Waals surface area contributed by atoms with Crippen LogP contribution in [0.5, 0.6) is 0 Å². The molecule has 0 bridgehead atoms. The number of nitrogens with one attached hydrogen (secondary N) is 10. The van der Waals surface area contributed by atoms with Gasteiger partial charge in [0.25, 0.3) is 0 Å². The van der Waals surface area contributed by atoms with Crippen LogP contribution in [0.2, 0.25) is 0 Å². The van der Waals surface area contributed by atoms with E-state index < -0.39 is 107 Å². The number of fused-ring (bicyclic) bond motifs is 2. The van der Waals surface area contributed by atoms with Crippen LogP contribution in [0, 0.1) is 5.92 Å². The highest BCUT2D eigenvalue weighted by molar-refractivity contribution is 7.98. The third-order valence-corrected chi connectivity index (χ3v) is 14.6. The number of rotatable bonds is 32. The maximum absolute atomic E-state index is 15.1. The number of nitrogens with two attached hydrogens (primary N) is 3. The van der Waals surface area contributed by atoms with E-state index in [-0.39, 0.29) is 63.7 Å². The number of carbonyl (C=O) groups is 10. The van der Waals surface area contributed by atoms with E-state index in [0.717, 1.165) is 22.8 Å². The molecule has 3 heterocycles. The maximum atomic E-state index is 15.1. The largest absolute Gasteiger partial charge is 0.370 e. The monoisotopic (exact) mass is 1130 g/mol. The van der Waals surface area contributed by atoms with E-state index in [1.807, 2.05) is 62.6 Å². The molecule has 24 heteroatoms. The average Bonchev–Trinajstić information content (AvgIpc) is 4.23. The molecule has 0 unspecified atom stereocenters. The summed E-state index contributed by atoms with van der Waals surface area (Å²) < 4.78 is 0. The van der Waals surface area contributed by atoms with Gasteiger partial charge in [0.05, 0.1) is 6.04 Å². The highest BCUT2D eigenvalue weighted by atomic mass is 32.2. The minimum Gasteiger partial charge on any atom is -0.370 e. The summed E-state index contributed by atoms with van der Waals surface area (Å²) in [7, 11) is 0. The number of H-pyrrole nitrogens is 2. The van der Waals surface area contributed by atoms with Gasteiger partial charge in [-0.25, -0.2) is 0 Å². The Kier molecular flexibility index (Phi) is 23.2. The fraction of sp³-hybridized carbons (Fsp3) is 0.439. The molecule has 1 saturated heterocycles. The molecular formula is C57H75N13O10S. The zero-order chi connectivity index (χ0) is 58.6. The number of thioether (sulfide) groups is 1. The molecule has 0 radical (unpaired) electrons. The molecule has 2 aromatic heterocycles. The molecule has 1 aliphatic rings. The number of hydrogen-bond acceptors (Lipinski definition) is 12. The Morgan fingerprint density at radius 2 is 0.963 bits per heavy atom. The molecule has 434 valence electrons. The van der Waals surface area contributed by atoms with Gasteiger partial charge in [-0.1, -0.05) is 80.6 Å². The van der Waals surface area contributed by atoms with Gasteiger partial charge in [0, 0.05) is 66.3 Å². The van der Waals surface area contributed by atoms with Crippen molar-refractivity contribution in [2.45, 2.75) is 133 Å². The second-order valence-corrected chi connectivity index (χ2v) is 21.7. The van der Waals surface area contributed by atoms with Gasteiger partial charge in [0.1, 0.15) is 42.3 Å². The van der Waals surface area contributed by atoms with Crippen molar-refractivity contribution in [2.24, 2.45) is 23.1 Å². The summed E-state index contributed by atoms with van der Waals surface area (Å²) in [4.78, 5) is 144. The van der Waals surface area contributed by atoms with Crippen LogP contribution in [0.4, 0.5) is 0 Å². The van der Waals surface area contributed by atoms with Crippen molar-refractivity contribution in [3.8, 4) is 0 Å². The second-order valence-electron chi connectivity index (χ2n) is 20.7. The summed E-state index contributed by atoms with van der Waals surface area (Å²) in [6.45, 7) is 4.31. The third-order valence-electron chi connectivity index (χ3n) is 14.0. The van der Waals surface area contributed by atoms with Gasteiger partial charge < -0.3 is 69.7 Å². The van der Waals surface area contributed by atoms with Crippen molar-refractivity contribution in [1.82, 2.24) is 52.5 Å². The predicted octanol–water partition coefficient (Wildman–Crippen LogP) is 0.638. The predicted molar refractivity (Wildman–Crippen MR) is 307 cm³/mol. The third kappa shape index (κ3) is 18.7. The van der Waals surface area contributed by atoms with Crippen LogP contribution < -0.4 is 59.7 Å². The molecule has 0 spiro atoms. The first-order valence-corrected chi connectivity index (χ1v) is 28.5. The Hall–Kier alpha value is -8.25. The highest BCUT2D eigenvalue weighted by Crippen LogP contribution is 2.22. The summed E-state index contributed by atoms with van der Waals surface area (Å²) in [5.74, 6) is -7.18. The quantitative estimate of drug-likeness (QED) is 0.0282. The molecule has 81 heavy (non-hydrogen) atoms. The molecule has 16 N–H and O–H groups in total. The number of carbonyl (C=O) groups excluding carboxylic acids is 10. The normalized spacial score (nSPS) is 15.7. The molecule has 8 atom stereocenters. The summed E-state index contributed by atoms with van der Waals surface area (Å²) in [5, 5.41) is 23.8. The second kappa shape index (κ2) is 30.4. The van der Waals surface area contributed by atoms with Gasteiger partial charge in [-0.3, -0.25) is 47.9 Å². The Morgan fingerprint density at radius 3 is 1.43 bits per heavy atom. The molecular weight excluding hydrogens is 1060 g/mol. The summed E-state index contributed by atoms with van der Waals surface area (Å²) in [6, 6.07) is 13.5. The van der Waals surface area contributed by atoms with E-state index >= 15 is 9.59 Å². The van der Waals surface area contributed by atoms with Gasteiger partial charge in [0.2, 0.25) is 59.1 Å². The average molecular weight is 1130 g/mol. The molecule has 23 nitrogen and oxygen atoms in total. The van der Waals surface area contributed by atoms with Gasteiger partial charge in [-0.05, 0) is 91.8 Å². The number of amides is 10. The Balaban J connectivity index is 1.32. The molecule has 1 aliphatic heterocycles. The number of benzene rings is 3. The lowest BCUT2D eigenvalue weighted by Crippen LogP contribution is -2.61. The van der Waals surface area contributed by atoms with Gasteiger partial charge >= 0.3 is 0 Å². The van der Waals surface area contributed by atoms with Gasteiger partial charge in [0.15, 0.2) is 0 Å². The lowest BCUT2D eigenvalue weighted by Gasteiger charge is -2.28. The molecule has 10 amide bonds. The summed E-state index contributed by atoms with van der Waals surface area (Å²) in [5.41, 5.74) is 20.0. The number of para-hydroxylation sites is 2. The smallest absolute Gasteiger partial charge is 0.243 e. The fourth-order valence-electron chi connectivity index (χ4n) is 9.67. The van der Waals surface area contributed by atoms with Crippen molar-refractivity contribution < 1.29 is 47.9 Å². The lowest BCUT2D eigenvalue weighted by atomic mass is 9.99. The molecule has 0 saturated carbocycles. The minimum absolute atomic E-state index is 0.0799. The summed E-state index contributed by atoms with van der Waals surface area (Å²) in [6.07, 6.45) is 5.30. The Bertz CT molecular complexity index is 3010. The number of aromatic nitrogens is 2. The summed E-state index contributed by atoms with van der Waals surface area (Å²) >= 11 is 1.47. The standard InChI is InChI=1S/C57H75N13O10S/c1-32(2)26-44(54(77)64-40(50(60)73)23-25-81-3)67-56(79)47(29-35-31-63-39-17-10-8-15-37(35)39)70-55(78)45(27-33-12-5-4-6-13-33)68-57(80)46(28-34-30-62-38-16-9-7-14-36(34)38)69-53(76)43(20-22-49(59)72)66-52(75)42(19-21-48(58)71)65-51(74)41-18-11-24-61-41/h4-10,12-17,30-32,40-47,61-63H,11,18-29H2,1-3H3,(H2,58,71)(H2,59,72)(H2,60,73)(H,64,77)(H,65,74)(H,66,75)(H,67,79)(H,68,80)(H,69,76)(H,70,78)/t40-,41-,42-,43-,44-,45-,46-,47-/m0/s1. The first-order chi connectivity index (χ1) is 38.8. The Labute approximate surface area is 473 Å². The van der Waals surface area contributed by atoms with Crippen LogP contribution in [0.3, 0.4) is 0 Å². The number of hydrogen-bond donors (Lipinski definition) is 13. The number of primary amides is 3. The van der Waals surface area contributed by atoms with Crippen molar-refractivity contribution >= 4 is 92.6 Å². The lowest BCUT2D eigenvalue weighted by molar-refractivity contribution is -0.136. The molecule has 6 rings (SSSR count). The van der Waals surface area contributed by atoms with Crippen LogP contribution >= 0.6 is 11.8 Å². The van der Waals surface area contributed by atoms with E-state index in [9.17, 15) is 38.4 Å². The van der Waals surface area contributed by atoms with Crippen LogP contribution in [-0.2, 0) is 67.2 Å². The molecule has 1 fully saturated rings. The van der Waals surface area contributed by atoms with E-state index in [2.05, 4.69) is 52.5 Å². The molecule has 0 aliphatic carbocycles. The van der Waals surface area contributed by atoms with Crippen LogP contribution in [0.15, 0.2) is 91.3 Å². The van der Waals surface area contributed by atoms with Crippen molar-refractivity contribution in [3.05, 3.63) is 108 Å². The Morgan fingerprint density at radius 1 is 0.531 bits per heavy atom. The zero-order valence-corrected chi connectivity index (χ0v) is 46.6. The van der Waals surface area contributed by atoms with E-state index in [4.69, 9.17) is 17.2 Å². The minimum atomic E-state index is -1.52. The topological polar surface area (TPSA) is 377 Å². The van der Waals surface area contributed by atoms with Crippen molar-refractivity contribution in [2.75, 3.05) is 18.6 Å². The maximum Gasteiger partial charge on any atom is 0.243 e. The fourth-order valence-corrected chi connectivity index (χ4v) is 10.1.